The summed E-state index contributed by atoms with van der Waals surface area (Å²) in [4.78, 5) is 0. The first-order valence-corrected chi connectivity index (χ1v) is 6.30. The Bertz CT molecular complexity index is 176. The van der Waals surface area contributed by atoms with E-state index in [9.17, 15) is 0 Å². The minimum absolute atomic E-state index is 0.811. The van der Waals surface area contributed by atoms with E-state index in [1.165, 1.54) is 25.8 Å². The summed E-state index contributed by atoms with van der Waals surface area (Å²) < 4.78 is 4.96. The van der Waals surface area contributed by atoms with Crippen molar-refractivity contribution < 1.29 is 4.74 Å². The highest BCUT2D eigenvalue weighted by atomic mass is 16.5. The Hall–Kier alpha value is -0.120. The van der Waals surface area contributed by atoms with Crippen molar-refractivity contribution in [3.63, 3.8) is 0 Å². The zero-order valence-electron chi connectivity index (χ0n) is 9.80. The molecule has 2 fully saturated rings. The van der Waals surface area contributed by atoms with Crippen LogP contribution in [0.25, 0.3) is 0 Å². The summed E-state index contributed by atoms with van der Waals surface area (Å²) in [5.41, 5.74) is 0. The van der Waals surface area contributed by atoms with Crippen molar-refractivity contribution >= 4 is 0 Å². The van der Waals surface area contributed by atoms with Gasteiger partial charge in [0, 0.05) is 26.7 Å². The van der Waals surface area contributed by atoms with Crippen LogP contribution in [0.15, 0.2) is 0 Å². The van der Waals surface area contributed by atoms with Crippen molar-refractivity contribution in [2.75, 3.05) is 39.9 Å². The lowest BCUT2D eigenvalue weighted by Gasteiger charge is -2.12. The second-order valence-electron chi connectivity index (χ2n) is 5.04. The third kappa shape index (κ3) is 3.74. The van der Waals surface area contributed by atoms with E-state index < -0.39 is 0 Å². The van der Waals surface area contributed by atoms with Crippen LogP contribution in [-0.4, -0.2) is 39.9 Å². The number of fused-ring (bicyclic) bond motifs is 1. The van der Waals surface area contributed by atoms with E-state index in [4.69, 9.17) is 4.74 Å². The second-order valence-corrected chi connectivity index (χ2v) is 5.04. The van der Waals surface area contributed by atoms with Gasteiger partial charge < -0.3 is 15.4 Å². The third-order valence-electron chi connectivity index (χ3n) is 3.74. The average Bonchev–Trinajstić information content (AvgIpc) is 2.85. The highest BCUT2D eigenvalue weighted by molar-refractivity contribution is 4.96. The van der Waals surface area contributed by atoms with E-state index in [2.05, 4.69) is 10.6 Å². The molecule has 15 heavy (non-hydrogen) atoms. The molecular weight excluding hydrogens is 188 g/mol. The summed E-state index contributed by atoms with van der Waals surface area (Å²) in [6.45, 7) is 5.16. The number of ether oxygens (including phenoxy) is 1. The van der Waals surface area contributed by atoms with Crippen LogP contribution in [0, 0.1) is 17.8 Å². The lowest BCUT2D eigenvalue weighted by molar-refractivity contribution is 0.199. The van der Waals surface area contributed by atoms with Gasteiger partial charge in [-0.15, -0.1) is 0 Å². The number of hydrogen-bond acceptors (Lipinski definition) is 3. The monoisotopic (exact) mass is 212 g/mol. The van der Waals surface area contributed by atoms with E-state index >= 15 is 0 Å². The Morgan fingerprint density at radius 1 is 1.00 bits per heavy atom. The van der Waals surface area contributed by atoms with Crippen LogP contribution in [0.4, 0.5) is 0 Å². The quantitative estimate of drug-likeness (QED) is 0.585. The Labute approximate surface area is 93.0 Å². The van der Waals surface area contributed by atoms with Crippen LogP contribution < -0.4 is 10.6 Å². The summed E-state index contributed by atoms with van der Waals surface area (Å²) in [7, 11) is 1.74. The van der Waals surface area contributed by atoms with E-state index in [1.807, 2.05) is 0 Å². The van der Waals surface area contributed by atoms with Crippen molar-refractivity contribution in [1.29, 1.82) is 0 Å². The molecule has 0 bridgehead atoms. The predicted octanol–water partition coefficient (Wildman–Crippen LogP) is 0.858. The van der Waals surface area contributed by atoms with Crippen LogP contribution in [0.5, 0.6) is 0 Å². The minimum atomic E-state index is 0.811. The predicted molar refractivity (Wildman–Crippen MR) is 61.9 cm³/mol. The summed E-state index contributed by atoms with van der Waals surface area (Å²) in [6.07, 6.45) is 4.53. The molecule has 0 aromatic carbocycles. The lowest BCUT2D eigenvalue weighted by Crippen LogP contribution is -2.31. The molecule has 0 amide bonds. The Balaban J connectivity index is 1.36. The average molecular weight is 212 g/mol. The molecule has 0 aromatic heterocycles. The molecule has 0 radical (unpaired) electrons. The van der Waals surface area contributed by atoms with Gasteiger partial charge in [-0.3, -0.25) is 0 Å². The van der Waals surface area contributed by atoms with Crippen molar-refractivity contribution in [3.05, 3.63) is 0 Å². The fourth-order valence-corrected chi connectivity index (χ4v) is 2.79. The standard InChI is InChI=1S/C12H24N2O/c1-15-5-4-13-2-3-14-9-10-6-11-8-12(11)7-10/h10-14H,2-9H2,1H3. The number of rotatable bonds is 8. The van der Waals surface area contributed by atoms with Crippen LogP contribution >= 0.6 is 0 Å². The van der Waals surface area contributed by atoms with Crippen molar-refractivity contribution in [2.45, 2.75) is 19.3 Å². The fraction of sp³-hybridized carbons (Fsp3) is 1.00. The summed E-state index contributed by atoms with van der Waals surface area (Å²) >= 11 is 0. The molecule has 0 aliphatic heterocycles. The molecule has 2 aliphatic carbocycles. The van der Waals surface area contributed by atoms with E-state index in [-0.39, 0.29) is 0 Å². The van der Waals surface area contributed by atoms with Crippen LogP contribution in [0.3, 0.4) is 0 Å². The SMILES string of the molecule is COCCNCCNCC1CC2CC2C1. The molecule has 2 unspecified atom stereocenters. The van der Waals surface area contributed by atoms with Gasteiger partial charge in [0.15, 0.2) is 0 Å². The van der Waals surface area contributed by atoms with Gasteiger partial charge in [0.2, 0.25) is 0 Å². The molecular formula is C12H24N2O. The van der Waals surface area contributed by atoms with Gasteiger partial charge in [-0.1, -0.05) is 0 Å². The molecule has 0 aromatic rings. The molecule has 0 saturated heterocycles. The van der Waals surface area contributed by atoms with Crippen molar-refractivity contribution in [2.24, 2.45) is 17.8 Å². The number of hydrogen-bond donors (Lipinski definition) is 2. The highest BCUT2D eigenvalue weighted by Gasteiger charge is 2.45. The summed E-state index contributed by atoms with van der Waals surface area (Å²) in [6, 6.07) is 0. The highest BCUT2D eigenvalue weighted by Crippen LogP contribution is 2.54. The molecule has 2 atom stereocenters. The topological polar surface area (TPSA) is 33.3 Å². The zero-order valence-corrected chi connectivity index (χ0v) is 9.80. The second kappa shape index (κ2) is 5.83. The van der Waals surface area contributed by atoms with Gasteiger partial charge in [0.05, 0.1) is 6.61 Å². The number of methoxy groups -OCH3 is 1. The Kier molecular flexibility index (Phi) is 4.42. The van der Waals surface area contributed by atoms with Gasteiger partial charge >= 0.3 is 0 Å². The maximum atomic E-state index is 4.96. The van der Waals surface area contributed by atoms with Crippen LogP contribution in [0.2, 0.25) is 0 Å². The summed E-state index contributed by atoms with van der Waals surface area (Å²) in [5, 5.41) is 6.88. The van der Waals surface area contributed by atoms with Crippen molar-refractivity contribution in [3.8, 4) is 0 Å². The van der Waals surface area contributed by atoms with Crippen molar-refractivity contribution in [1.82, 2.24) is 10.6 Å². The molecule has 0 spiro atoms. The molecule has 0 heterocycles. The number of nitrogens with one attached hydrogen (secondary N) is 2. The Morgan fingerprint density at radius 3 is 2.47 bits per heavy atom. The Morgan fingerprint density at radius 2 is 1.73 bits per heavy atom. The maximum Gasteiger partial charge on any atom is 0.0587 e. The van der Waals surface area contributed by atoms with E-state index in [0.29, 0.717) is 0 Å². The lowest BCUT2D eigenvalue weighted by atomic mass is 10.0. The van der Waals surface area contributed by atoms with E-state index in [0.717, 1.165) is 44.0 Å². The molecule has 88 valence electrons. The van der Waals surface area contributed by atoms with Gasteiger partial charge in [0.25, 0.3) is 0 Å². The first kappa shape index (κ1) is 11.4. The van der Waals surface area contributed by atoms with Gasteiger partial charge in [-0.25, -0.2) is 0 Å². The van der Waals surface area contributed by atoms with E-state index in [1.54, 1.807) is 7.11 Å². The molecule has 2 rings (SSSR count). The first-order chi connectivity index (χ1) is 7.40. The summed E-state index contributed by atoms with van der Waals surface area (Å²) in [5.74, 6) is 3.22. The molecule has 3 nitrogen and oxygen atoms in total. The van der Waals surface area contributed by atoms with Crippen LogP contribution in [-0.2, 0) is 4.74 Å². The molecule has 2 N–H and O–H groups in total. The normalized spacial score (nSPS) is 33.0. The smallest absolute Gasteiger partial charge is 0.0587 e. The zero-order chi connectivity index (χ0) is 10.5. The maximum absolute atomic E-state index is 4.96. The molecule has 2 aliphatic rings. The first-order valence-electron chi connectivity index (χ1n) is 6.30. The largest absolute Gasteiger partial charge is 0.383 e. The molecule has 3 heteroatoms. The van der Waals surface area contributed by atoms with Gasteiger partial charge in [-0.05, 0) is 43.6 Å². The minimum Gasteiger partial charge on any atom is -0.383 e. The van der Waals surface area contributed by atoms with Gasteiger partial charge in [0.1, 0.15) is 0 Å². The van der Waals surface area contributed by atoms with Gasteiger partial charge in [-0.2, -0.15) is 0 Å². The van der Waals surface area contributed by atoms with Crippen LogP contribution in [0.1, 0.15) is 19.3 Å². The fourth-order valence-electron chi connectivity index (χ4n) is 2.79. The third-order valence-corrected chi connectivity index (χ3v) is 3.74. The molecule has 2 saturated carbocycles.